The van der Waals surface area contributed by atoms with Gasteiger partial charge in [-0.15, -0.1) is 0 Å². The molecule has 130 valence electrons. The number of aromatic nitrogens is 2. The van der Waals surface area contributed by atoms with Crippen LogP contribution in [0.2, 0.25) is 0 Å². The first-order valence-electron chi connectivity index (χ1n) is 9.23. The quantitative estimate of drug-likeness (QED) is 0.756. The lowest BCUT2D eigenvalue weighted by Crippen LogP contribution is -2.43. The summed E-state index contributed by atoms with van der Waals surface area (Å²) in [5.41, 5.74) is 11.1. The molecule has 0 saturated heterocycles. The minimum atomic E-state index is 0.210. The standard InChI is InChI=1S/C21H26N4/c1-15-10-12-16(13-11-15)14-25-20-9-5-4-8-19(20)24-21(25)23-18-7-3-2-6-17(18)22/h4-5,8-13,17-18H,2-3,6-7,14,22H2,1H3,(H,23,24)/t17-,18-/m1/s1. The van der Waals surface area contributed by atoms with Crippen LogP contribution < -0.4 is 11.1 Å². The van der Waals surface area contributed by atoms with Crippen molar-refractivity contribution < 1.29 is 0 Å². The van der Waals surface area contributed by atoms with E-state index in [1.54, 1.807) is 0 Å². The SMILES string of the molecule is Cc1ccc(Cn2c(N[C@@H]3CCCC[C@H]3N)nc3ccccc32)cc1. The molecule has 1 saturated carbocycles. The highest BCUT2D eigenvalue weighted by Gasteiger charge is 2.23. The summed E-state index contributed by atoms with van der Waals surface area (Å²) in [5, 5.41) is 3.65. The molecule has 0 radical (unpaired) electrons. The molecule has 0 spiro atoms. The molecule has 4 heteroatoms. The van der Waals surface area contributed by atoms with E-state index < -0.39 is 0 Å². The number of hydrogen-bond acceptors (Lipinski definition) is 3. The fraction of sp³-hybridized carbons (Fsp3) is 0.381. The molecule has 0 aliphatic heterocycles. The van der Waals surface area contributed by atoms with E-state index in [2.05, 4.69) is 59.3 Å². The van der Waals surface area contributed by atoms with Gasteiger partial charge in [0.05, 0.1) is 17.6 Å². The van der Waals surface area contributed by atoms with Crippen molar-refractivity contribution in [3.8, 4) is 0 Å². The fourth-order valence-corrected chi connectivity index (χ4v) is 3.73. The third kappa shape index (κ3) is 3.40. The predicted molar refractivity (Wildman–Crippen MR) is 104 cm³/mol. The second-order valence-corrected chi connectivity index (χ2v) is 7.20. The largest absolute Gasteiger partial charge is 0.351 e. The molecule has 1 fully saturated rings. The molecule has 1 heterocycles. The van der Waals surface area contributed by atoms with Gasteiger partial charge in [-0.2, -0.15) is 0 Å². The van der Waals surface area contributed by atoms with Gasteiger partial charge in [-0.25, -0.2) is 4.98 Å². The maximum Gasteiger partial charge on any atom is 0.204 e. The second kappa shape index (κ2) is 6.89. The summed E-state index contributed by atoms with van der Waals surface area (Å²) in [6.07, 6.45) is 4.69. The summed E-state index contributed by atoms with van der Waals surface area (Å²) in [5.74, 6) is 0.934. The summed E-state index contributed by atoms with van der Waals surface area (Å²) >= 11 is 0. The van der Waals surface area contributed by atoms with Gasteiger partial charge >= 0.3 is 0 Å². The zero-order chi connectivity index (χ0) is 17.2. The fourth-order valence-electron chi connectivity index (χ4n) is 3.73. The number of nitrogens with one attached hydrogen (secondary N) is 1. The first-order valence-corrected chi connectivity index (χ1v) is 9.23. The van der Waals surface area contributed by atoms with E-state index in [9.17, 15) is 0 Å². The van der Waals surface area contributed by atoms with E-state index in [0.29, 0.717) is 6.04 Å². The van der Waals surface area contributed by atoms with Crippen molar-refractivity contribution in [3.05, 3.63) is 59.7 Å². The summed E-state index contributed by atoms with van der Waals surface area (Å²) in [7, 11) is 0. The zero-order valence-corrected chi connectivity index (χ0v) is 14.8. The average molecular weight is 334 g/mol. The van der Waals surface area contributed by atoms with Crippen LogP contribution in [0, 0.1) is 6.92 Å². The second-order valence-electron chi connectivity index (χ2n) is 7.20. The third-order valence-corrected chi connectivity index (χ3v) is 5.25. The summed E-state index contributed by atoms with van der Waals surface area (Å²) in [6.45, 7) is 2.93. The van der Waals surface area contributed by atoms with Gasteiger partial charge in [-0.05, 0) is 37.5 Å². The molecule has 2 aromatic carbocycles. The minimum absolute atomic E-state index is 0.210. The van der Waals surface area contributed by atoms with Gasteiger partial charge in [-0.3, -0.25) is 0 Å². The Morgan fingerprint density at radius 1 is 1.08 bits per heavy atom. The molecule has 0 unspecified atom stereocenters. The first kappa shape index (κ1) is 16.2. The summed E-state index contributed by atoms with van der Waals surface area (Å²) in [4.78, 5) is 4.85. The molecule has 3 aromatic rings. The Balaban J connectivity index is 1.68. The highest BCUT2D eigenvalue weighted by atomic mass is 15.2. The van der Waals surface area contributed by atoms with E-state index >= 15 is 0 Å². The van der Waals surface area contributed by atoms with Crippen molar-refractivity contribution in [2.24, 2.45) is 5.73 Å². The Kier molecular flexibility index (Phi) is 4.45. The van der Waals surface area contributed by atoms with Crippen LogP contribution >= 0.6 is 0 Å². The van der Waals surface area contributed by atoms with Crippen molar-refractivity contribution in [1.82, 2.24) is 9.55 Å². The summed E-state index contributed by atoms with van der Waals surface area (Å²) < 4.78 is 2.28. The molecule has 1 aliphatic carbocycles. The Morgan fingerprint density at radius 3 is 2.64 bits per heavy atom. The van der Waals surface area contributed by atoms with Crippen molar-refractivity contribution >= 4 is 17.0 Å². The Hall–Kier alpha value is -2.33. The smallest absolute Gasteiger partial charge is 0.204 e. The molecule has 0 amide bonds. The number of benzene rings is 2. The van der Waals surface area contributed by atoms with E-state index in [4.69, 9.17) is 10.7 Å². The number of imidazole rings is 1. The highest BCUT2D eigenvalue weighted by molar-refractivity contribution is 5.78. The van der Waals surface area contributed by atoms with Crippen LogP contribution in [0.1, 0.15) is 36.8 Å². The first-order chi connectivity index (χ1) is 12.2. The van der Waals surface area contributed by atoms with Gasteiger partial charge in [-0.1, -0.05) is 54.8 Å². The van der Waals surface area contributed by atoms with Gasteiger partial charge in [0.15, 0.2) is 0 Å². The number of anilines is 1. The Morgan fingerprint density at radius 2 is 1.84 bits per heavy atom. The minimum Gasteiger partial charge on any atom is -0.351 e. The third-order valence-electron chi connectivity index (χ3n) is 5.25. The van der Waals surface area contributed by atoms with Crippen molar-refractivity contribution in [1.29, 1.82) is 0 Å². The molecule has 0 bridgehead atoms. The molecular formula is C21H26N4. The number of para-hydroxylation sites is 2. The van der Waals surface area contributed by atoms with Crippen molar-refractivity contribution in [3.63, 3.8) is 0 Å². The molecule has 3 N–H and O–H groups in total. The Bertz CT molecular complexity index is 850. The number of nitrogens with two attached hydrogens (primary N) is 1. The van der Waals surface area contributed by atoms with Crippen LogP contribution in [-0.2, 0) is 6.54 Å². The van der Waals surface area contributed by atoms with Crippen LogP contribution in [0.4, 0.5) is 5.95 Å². The molecule has 1 aliphatic rings. The van der Waals surface area contributed by atoms with Crippen LogP contribution in [0.5, 0.6) is 0 Å². The lowest BCUT2D eigenvalue weighted by Gasteiger charge is -2.29. The zero-order valence-electron chi connectivity index (χ0n) is 14.8. The molecule has 1 aromatic heterocycles. The van der Waals surface area contributed by atoms with Gasteiger partial charge in [0, 0.05) is 12.1 Å². The predicted octanol–water partition coefficient (Wildman–Crippen LogP) is 4.07. The monoisotopic (exact) mass is 334 g/mol. The van der Waals surface area contributed by atoms with E-state index in [1.807, 2.05) is 6.07 Å². The van der Waals surface area contributed by atoms with Gasteiger partial charge in [0.1, 0.15) is 0 Å². The molecular weight excluding hydrogens is 308 g/mol. The molecule has 2 atom stereocenters. The maximum absolute atomic E-state index is 6.34. The molecule has 4 nitrogen and oxygen atoms in total. The molecule has 4 rings (SSSR count). The van der Waals surface area contributed by atoms with Gasteiger partial charge in [0.25, 0.3) is 0 Å². The van der Waals surface area contributed by atoms with Crippen LogP contribution in [0.15, 0.2) is 48.5 Å². The average Bonchev–Trinajstić information content (AvgIpc) is 2.96. The lowest BCUT2D eigenvalue weighted by molar-refractivity contribution is 0.401. The number of nitrogens with zero attached hydrogens (tertiary/aromatic N) is 2. The number of aryl methyl sites for hydroxylation is 1. The summed E-state index contributed by atoms with van der Waals surface area (Å²) in [6, 6.07) is 17.6. The number of rotatable bonds is 4. The Labute approximate surface area is 149 Å². The van der Waals surface area contributed by atoms with Crippen LogP contribution in [-0.4, -0.2) is 21.6 Å². The van der Waals surface area contributed by atoms with Gasteiger partial charge < -0.3 is 15.6 Å². The van der Waals surface area contributed by atoms with E-state index in [-0.39, 0.29) is 6.04 Å². The van der Waals surface area contributed by atoms with Gasteiger partial charge in [0.2, 0.25) is 5.95 Å². The van der Waals surface area contributed by atoms with Crippen molar-refractivity contribution in [2.75, 3.05) is 5.32 Å². The normalized spacial score (nSPS) is 20.7. The van der Waals surface area contributed by atoms with Crippen molar-refractivity contribution in [2.45, 2.75) is 51.2 Å². The molecule has 25 heavy (non-hydrogen) atoms. The maximum atomic E-state index is 6.34. The number of fused-ring (bicyclic) bond motifs is 1. The number of hydrogen-bond donors (Lipinski definition) is 2. The topological polar surface area (TPSA) is 55.9 Å². The lowest BCUT2D eigenvalue weighted by atomic mass is 9.91. The van der Waals surface area contributed by atoms with E-state index in [0.717, 1.165) is 36.4 Å². The van der Waals surface area contributed by atoms with Crippen LogP contribution in [0.3, 0.4) is 0 Å². The highest BCUT2D eigenvalue weighted by Crippen LogP contribution is 2.25. The van der Waals surface area contributed by atoms with Crippen LogP contribution in [0.25, 0.3) is 11.0 Å². The van der Waals surface area contributed by atoms with E-state index in [1.165, 1.54) is 24.0 Å².